The Hall–Kier alpha value is -1.86. The number of hydrogen-bond donors (Lipinski definition) is 0. The van der Waals surface area contributed by atoms with Crippen molar-refractivity contribution in [2.75, 3.05) is 0 Å². The van der Waals surface area contributed by atoms with Gasteiger partial charge in [0.2, 0.25) is 0 Å². The highest BCUT2D eigenvalue weighted by Crippen LogP contribution is 2.40. The van der Waals surface area contributed by atoms with E-state index in [2.05, 4.69) is 6.07 Å². The molecule has 0 bridgehead atoms. The van der Waals surface area contributed by atoms with E-state index in [0.29, 0.717) is 0 Å². The van der Waals surface area contributed by atoms with Crippen LogP contribution < -0.4 is 0 Å². The Morgan fingerprint density at radius 3 is 1.90 bits per heavy atom. The number of carbonyl (C=O) groups is 1. The molecule has 2 aliphatic carbocycles. The van der Waals surface area contributed by atoms with Crippen LogP contribution in [-0.4, -0.2) is 5.78 Å². The summed E-state index contributed by atoms with van der Waals surface area (Å²) in [5.74, 6) is 0.287. The van der Waals surface area contributed by atoms with Crippen LogP contribution in [0.1, 0.15) is 41.6 Å². The molecule has 0 N–H and O–H groups in total. The Balaban J connectivity index is 0.000000160. The Morgan fingerprint density at radius 1 is 0.714 bits per heavy atom. The fourth-order valence-corrected chi connectivity index (χ4v) is 3.12. The first-order valence-electron chi connectivity index (χ1n) is 7.34. The number of fused-ring (bicyclic) bond motifs is 2. The van der Waals surface area contributed by atoms with Gasteiger partial charge in [-0.25, -0.2) is 0 Å². The first-order chi connectivity index (χ1) is 10.3. The van der Waals surface area contributed by atoms with Crippen molar-refractivity contribution in [1.29, 1.82) is 0 Å². The lowest BCUT2D eigenvalue weighted by Gasteiger charge is -2.12. The van der Waals surface area contributed by atoms with Crippen LogP contribution >= 0.6 is 11.6 Å². The molecule has 0 unspecified atom stereocenters. The molecule has 2 heteroatoms. The van der Waals surface area contributed by atoms with Gasteiger partial charge in [-0.15, -0.1) is 0 Å². The quantitative estimate of drug-likeness (QED) is 0.623. The second kappa shape index (κ2) is 6.28. The van der Waals surface area contributed by atoms with E-state index in [1.54, 1.807) is 0 Å². The van der Waals surface area contributed by atoms with E-state index >= 15 is 0 Å². The fourth-order valence-electron chi connectivity index (χ4n) is 2.97. The molecule has 0 heterocycles. The van der Waals surface area contributed by atoms with E-state index in [1.807, 2.05) is 48.5 Å². The molecule has 21 heavy (non-hydrogen) atoms. The molecule has 4 rings (SSSR count). The standard InChI is InChI=1S/C13H12O.C6H5Cl/c14-13-11-7-3-1-5-9(11)10-6-2-4-8-12(10)13;7-6-4-2-1-3-5-6/h1,3,5,7H,2,4,6,8H2;1-5H. The molecule has 0 saturated heterocycles. The highest BCUT2D eigenvalue weighted by Gasteiger charge is 2.29. The summed E-state index contributed by atoms with van der Waals surface area (Å²) in [6.07, 6.45) is 4.50. The number of Topliss-reactive ketones (excluding diaryl/α,β-unsaturated/α-hetero) is 1. The molecule has 0 saturated carbocycles. The normalized spacial score (nSPS) is 16.0. The number of allylic oxidation sites excluding steroid dienone is 2. The number of ketones is 1. The molecular formula is C19H17ClO. The zero-order chi connectivity index (χ0) is 14.7. The largest absolute Gasteiger partial charge is 0.289 e. The lowest BCUT2D eigenvalue weighted by atomic mass is 9.92. The highest BCUT2D eigenvalue weighted by molar-refractivity contribution is 6.30. The van der Waals surface area contributed by atoms with Crippen molar-refractivity contribution in [3.05, 3.63) is 76.3 Å². The number of hydrogen-bond acceptors (Lipinski definition) is 1. The third-order valence-electron chi connectivity index (χ3n) is 3.97. The van der Waals surface area contributed by atoms with Crippen molar-refractivity contribution < 1.29 is 4.79 Å². The van der Waals surface area contributed by atoms with Gasteiger partial charge in [0.25, 0.3) is 0 Å². The van der Waals surface area contributed by atoms with Crippen molar-refractivity contribution >= 4 is 23.0 Å². The van der Waals surface area contributed by atoms with E-state index in [9.17, 15) is 4.79 Å². The van der Waals surface area contributed by atoms with Crippen molar-refractivity contribution in [2.45, 2.75) is 25.7 Å². The van der Waals surface area contributed by atoms with Gasteiger partial charge < -0.3 is 0 Å². The van der Waals surface area contributed by atoms with Crippen LogP contribution in [0.4, 0.5) is 0 Å². The molecule has 0 fully saturated rings. The second-order valence-corrected chi connectivity index (χ2v) is 5.77. The summed E-state index contributed by atoms with van der Waals surface area (Å²) < 4.78 is 0. The maximum absolute atomic E-state index is 12.0. The Bertz CT molecular complexity index is 686. The summed E-state index contributed by atoms with van der Waals surface area (Å²) >= 11 is 5.54. The van der Waals surface area contributed by atoms with E-state index in [0.717, 1.165) is 29.0 Å². The third-order valence-corrected chi connectivity index (χ3v) is 4.22. The lowest BCUT2D eigenvalue weighted by molar-refractivity contribution is 0.103. The molecule has 1 nitrogen and oxygen atoms in total. The van der Waals surface area contributed by atoms with Crippen LogP contribution in [0.3, 0.4) is 0 Å². The predicted octanol–water partition coefficient (Wildman–Crippen LogP) is 5.55. The molecule has 2 aromatic carbocycles. The summed E-state index contributed by atoms with van der Waals surface area (Å²) in [6, 6.07) is 17.5. The molecule has 2 aliphatic rings. The summed E-state index contributed by atoms with van der Waals surface area (Å²) in [4.78, 5) is 12.0. The van der Waals surface area contributed by atoms with Gasteiger partial charge in [-0.05, 0) is 49.0 Å². The van der Waals surface area contributed by atoms with Crippen LogP contribution in [0.15, 0.2) is 60.2 Å². The van der Waals surface area contributed by atoms with Gasteiger partial charge in [0.15, 0.2) is 5.78 Å². The molecule has 0 aliphatic heterocycles. The van der Waals surface area contributed by atoms with Crippen molar-refractivity contribution in [2.24, 2.45) is 0 Å². The van der Waals surface area contributed by atoms with E-state index in [-0.39, 0.29) is 5.78 Å². The van der Waals surface area contributed by atoms with Crippen LogP contribution in [0.5, 0.6) is 0 Å². The highest BCUT2D eigenvalue weighted by atomic mass is 35.5. The minimum absolute atomic E-state index is 0.287. The minimum Gasteiger partial charge on any atom is -0.289 e. The fraction of sp³-hybridized carbons (Fsp3) is 0.211. The molecule has 0 spiro atoms. The molecular weight excluding hydrogens is 280 g/mol. The topological polar surface area (TPSA) is 17.1 Å². The van der Waals surface area contributed by atoms with Crippen LogP contribution in [0, 0.1) is 0 Å². The first kappa shape index (κ1) is 14.1. The maximum Gasteiger partial charge on any atom is 0.189 e. The summed E-state index contributed by atoms with van der Waals surface area (Å²) in [5.41, 5.74) is 4.56. The zero-order valence-corrected chi connectivity index (χ0v) is 12.6. The van der Waals surface area contributed by atoms with E-state index in [1.165, 1.54) is 24.0 Å². The predicted molar refractivity (Wildman–Crippen MR) is 87.6 cm³/mol. The van der Waals surface area contributed by atoms with Crippen LogP contribution in [0.25, 0.3) is 5.57 Å². The van der Waals surface area contributed by atoms with E-state index in [4.69, 9.17) is 11.6 Å². The average molecular weight is 297 g/mol. The zero-order valence-electron chi connectivity index (χ0n) is 11.8. The summed E-state index contributed by atoms with van der Waals surface area (Å²) in [5, 5.41) is 0.794. The van der Waals surface area contributed by atoms with Gasteiger partial charge in [0.1, 0.15) is 0 Å². The lowest BCUT2D eigenvalue weighted by Crippen LogP contribution is -2.01. The number of benzene rings is 2. The van der Waals surface area contributed by atoms with Crippen LogP contribution in [-0.2, 0) is 0 Å². The summed E-state index contributed by atoms with van der Waals surface area (Å²) in [7, 11) is 0. The number of halogens is 1. The Morgan fingerprint density at radius 2 is 1.29 bits per heavy atom. The number of rotatable bonds is 0. The van der Waals surface area contributed by atoms with Crippen molar-refractivity contribution in [1.82, 2.24) is 0 Å². The van der Waals surface area contributed by atoms with Gasteiger partial charge in [-0.1, -0.05) is 54.1 Å². The Kier molecular flexibility index (Phi) is 4.21. The second-order valence-electron chi connectivity index (χ2n) is 5.33. The SMILES string of the molecule is Clc1ccccc1.O=C1C2=C(CCCC2)c2ccccc21. The van der Waals surface area contributed by atoms with Gasteiger partial charge in [0.05, 0.1) is 0 Å². The molecule has 2 aromatic rings. The van der Waals surface area contributed by atoms with Crippen molar-refractivity contribution in [3.63, 3.8) is 0 Å². The number of carbonyl (C=O) groups excluding carboxylic acids is 1. The smallest absolute Gasteiger partial charge is 0.189 e. The average Bonchev–Trinajstić information content (AvgIpc) is 2.83. The first-order valence-corrected chi connectivity index (χ1v) is 7.72. The summed E-state index contributed by atoms with van der Waals surface area (Å²) in [6.45, 7) is 0. The minimum atomic E-state index is 0.287. The maximum atomic E-state index is 12.0. The molecule has 106 valence electrons. The molecule has 0 amide bonds. The molecule has 0 aromatic heterocycles. The van der Waals surface area contributed by atoms with Gasteiger partial charge >= 0.3 is 0 Å². The molecule has 0 radical (unpaired) electrons. The van der Waals surface area contributed by atoms with Gasteiger partial charge in [0, 0.05) is 16.2 Å². The van der Waals surface area contributed by atoms with Crippen molar-refractivity contribution in [3.8, 4) is 0 Å². The van der Waals surface area contributed by atoms with Gasteiger partial charge in [-0.2, -0.15) is 0 Å². The van der Waals surface area contributed by atoms with E-state index < -0.39 is 0 Å². The molecule has 0 atom stereocenters. The van der Waals surface area contributed by atoms with Crippen LogP contribution in [0.2, 0.25) is 5.02 Å². The monoisotopic (exact) mass is 296 g/mol. The third kappa shape index (κ3) is 2.93. The Labute approximate surface area is 130 Å². The van der Waals surface area contributed by atoms with Gasteiger partial charge in [-0.3, -0.25) is 4.79 Å².